The Labute approximate surface area is 218 Å². The smallest absolute Gasteiger partial charge is 0.300 e. The van der Waals surface area contributed by atoms with Gasteiger partial charge in [0.1, 0.15) is 17.3 Å². The standard InChI is InChI=1S/C26H23ClN2O7S/c1-14-11-19(25(36-3)20(27)12-14)23(30)21-22(15-5-4-6-17(13-15)35-2)29(26(32)24(21)31)16-7-9-18(10-8-16)37(28,33)34/h4-13,22,30H,1-3H3,(H2,28,33,34)/b23-21+. The average Bonchev–Trinajstić information content (AvgIpc) is 3.13. The SMILES string of the molecule is COc1cccc(C2/C(=C(\O)c3cc(C)cc(Cl)c3OC)C(=O)C(=O)N2c2ccc(S(N)(=O)=O)cc2)c1. The summed E-state index contributed by atoms with van der Waals surface area (Å²) in [7, 11) is -1.13. The fourth-order valence-corrected chi connectivity index (χ4v) is 5.15. The highest BCUT2D eigenvalue weighted by atomic mass is 35.5. The number of aryl methyl sites for hydroxylation is 1. The number of nitrogens with zero attached hydrogens (tertiary/aromatic N) is 1. The van der Waals surface area contributed by atoms with Crippen molar-refractivity contribution in [3.05, 3.63) is 87.9 Å². The van der Waals surface area contributed by atoms with Crippen LogP contribution < -0.4 is 19.5 Å². The van der Waals surface area contributed by atoms with Gasteiger partial charge in [0, 0.05) is 5.69 Å². The molecule has 11 heteroatoms. The summed E-state index contributed by atoms with van der Waals surface area (Å²) in [6, 6.07) is 14.0. The van der Waals surface area contributed by atoms with Gasteiger partial charge < -0.3 is 14.6 Å². The molecule has 0 bridgehead atoms. The van der Waals surface area contributed by atoms with Crippen molar-refractivity contribution in [1.82, 2.24) is 0 Å². The van der Waals surface area contributed by atoms with Gasteiger partial charge >= 0.3 is 0 Å². The van der Waals surface area contributed by atoms with Crippen molar-refractivity contribution < 1.29 is 32.6 Å². The second-order valence-electron chi connectivity index (χ2n) is 8.31. The van der Waals surface area contributed by atoms with Crippen LogP contribution >= 0.6 is 11.6 Å². The van der Waals surface area contributed by atoms with E-state index in [9.17, 15) is 23.1 Å². The van der Waals surface area contributed by atoms with Crippen LogP contribution in [0.3, 0.4) is 0 Å². The molecule has 9 nitrogen and oxygen atoms in total. The van der Waals surface area contributed by atoms with Crippen molar-refractivity contribution in [2.75, 3.05) is 19.1 Å². The van der Waals surface area contributed by atoms with E-state index in [1.54, 1.807) is 43.3 Å². The molecule has 0 aromatic heterocycles. The van der Waals surface area contributed by atoms with E-state index >= 15 is 0 Å². The average molecular weight is 543 g/mol. The minimum atomic E-state index is -3.98. The number of hydrogen-bond donors (Lipinski definition) is 2. The first-order chi connectivity index (χ1) is 17.5. The van der Waals surface area contributed by atoms with Gasteiger partial charge in [-0.25, -0.2) is 13.6 Å². The summed E-state index contributed by atoms with van der Waals surface area (Å²) in [4.78, 5) is 27.8. The summed E-state index contributed by atoms with van der Waals surface area (Å²) in [6.45, 7) is 1.76. The lowest BCUT2D eigenvalue weighted by atomic mass is 9.94. The fourth-order valence-electron chi connectivity index (χ4n) is 4.28. The van der Waals surface area contributed by atoms with Gasteiger partial charge in [-0.3, -0.25) is 14.5 Å². The van der Waals surface area contributed by atoms with Gasteiger partial charge in [-0.2, -0.15) is 0 Å². The Balaban J connectivity index is 2.00. The largest absolute Gasteiger partial charge is 0.507 e. The van der Waals surface area contributed by atoms with Gasteiger partial charge in [0.25, 0.3) is 11.7 Å². The molecule has 0 aliphatic carbocycles. The van der Waals surface area contributed by atoms with Crippen LogP contribution in [0.1, 0.15) is 22.7 Å². The number of sulfonamides is 1. The number of halogens is 1. The molecule has 1 saturated heterocycles. The number of methoxy groups -OCH3 is 2. The molecule has 1 aliphatic rings. The van der Waals surface area contributed by atoms with Crippen LogP contribution in [0.5, 0.6) is 11.5 Å². The lowest BCUT2D eigenvalue weighted by molar-refractivity contribution is -0.132. The van der Waals surface area contributed by atoms with Gasteiger partial charge in [-0.15, -0.1) is 0 Å². The van der Waals surface area contributed by atoms with E-state index in [0.29, 0.717) is 16.9 Å². The minimum Gasteiger partial charge on any atom is -0.507 e. The Morgan fingerprint density at radius 3 is 2.30 bits per heavy atom. The molecule has 1 heterocycles. The zero-order chi connectivity index (χ0) is 27.1. The number of nitrogens with two attached hydrogens (primary N) is 1. The fraction of sp³-hybridized carbons (Fsp3) is 0.154. The van der Waals surface area contributed by atoms with E-state index in [2.05, 4.69) is 0 Å². The molecule has 0 saturated carbocycles. The molecule has 4 rings (SSSR count). The van der Waals surface area contributed by atoms with Crippen molar-refractivity contribution in [3.8, 4) is 11.5 Å². The highest BCUT2D eigenvalue weighted by molar-refractivity contribution is 7.89. The maximum absolute atomic E-state index is 13.4. The number of aliphatic hydroxyl groups excluding tert-OH is 1. The Hall–Kier alpha value is -3.86. The lowest BCUT2D eigenvalue weighted by Crippen LogP contribution is -2.29. The molecular weight excluding hydrogens is 520 g/mol. The normalized spacial score (nSPS) is 17.2. The van der Waals surface area contributed by atoms with E-state index in [-0.39, 0.29) is 32.5 Å². The van der Waals surface area contributed by atoms with E-state index in [1.807, 2.05) is 0 Å². The van der Waals surface area contributed by atoms with Crippen LogP contribution in [0.4, 0.5) is 5.69 Å². The minimum absolute atomic E-state index is 0.137. The van der Waals surface area contributed by atoms with Gasteiger partial charge in [0.2, 0.25) is 10.0 Å². The summed E-state index contributed by atoms with van der Waals surface area (Å²) in [5.74, 6) is -1.74. The zero-order valence-corrected chi connectivity index (χ0v) is 21.6. The number of carbonyl (C=O) groups is 2. The van der Waals surface area contributed by atoms with Crippen molar-refractivity contribution in [1.29, 1.82) is 0 Å². The molecule has 3 N–H and O–H groups in total. The number of aliphatic hydroxyl groups is 1. The quantitative estimate of drug-likeness (QED) is 0.273. The topological polar surface area (TPSA) is 136 Å². The molecule has 1 fully saturated rings. The predicted octanol–water partition coefficient (Wildman–Crippen LogP) is 3.94. The number of ether oxygens (including phenoxy) is 2. The second-order valence-corrected chi connectivity index (χ2v) is 10.3. The van der Waals surface area contributed by atoms with Crippen LogP contribution in [0.15, 0.2) is 71.1 Å². The Morgan fingerprint density at radius 1 is 1.03 bits per heavy atom. The van der Waals surface area contributed by atoms with E-state index in [1.165, 1.54) is 43.4 Å². The van der Waals surface area contributed by atoms with E-state index in [0.717, 1.165) is 0 Å². The summed E-state index contributed by atoms with van der Waals surface area (Å²) in [5, 5.41) is 16.9. The number of hydrogen-bond acceptors (Lipinski definition) is 7. The van der Waals surface area contributed by atoms with Gasteiger partial charge in [-0.05, 0) is 66.6 Å². The zero-order valence-electron chi connectivity index (χ0n) is 20.1. The van der Waals surface area contributed by atoms with Crippen molar-refractivity contribution in [2.45, 2.75) is 17.9 Å². The molecule has 1 aliphatic heterocycles. The van der Waals surface area contributed by atoms with Gasteiger partial charge in [-0.1, -0.05) is 23.7 Å². The number of Topliss-reactive ketones (excluding diaryl/α,β-unsaturated/α-hetero) is 1. The molecule has 3 aromatic carbocycles. The van der Waals surface area contributed by atoms with E-state index < -0.39 is 33.5 Å². The summed E-state index contributed by atoms with van der Waals surface area (Å²) < 4.78 is 34.1. The number of rotatable bonds is 6. The molecule has 1 amide bonds. The molecule has 3 aromatic rings. The number of benzene rings is 3. The third-order valence-corrected chi connectivity index (χ3v) is 7.15. The first-order valence-corrected chi connectivity index (χ1v) is 12.8. The van der Waals surface area contributed by atoms with Crippen LogP contribution in [0, 0.1) is 6.92 Å². The molecule has 1 atom stereocenters. The maximum Gasteiger partial charge on any atom is 0.300 e. The number of carbonyl (C=O) groups excluding carboxylic acids is 2. The van der Waals surface area contributed by atoms with Crippen LogP contribution in [0.25, 0.3) is 5.76 Å². The van der Waals surface area contributed by atoms with Crippen molar-refractivity contribution >= 4 is 44.8 Å². The summed E-state index contributed by atoms with van der Waals surface area (Å²) >= 11 is 6.32. The van der Waals surface area contributed by atoms with Crippen LogP contribution in [0.2, 0.25) is 5.02 Å². The van der Waals surface area contributed by atoms with Gasteiger partial charge in [0.05, 0.1) is 41.3 Å². The van der Waals surface area contributed by atoms with Crippen molar-refractivity contribution in [2.24, 2.45) is 5.14 Å². The Morgan fingerprint density at radius 2 is 1.70 bits per heavy atom. The molecular formula is C26H23ClN2O7S. The molecule has 1 unspecified atom stereocenters. The van der Waals surface area contributed by atoms with Crippen LogP contribution in [-0.2, 0) is 19.6 Å². The third-order valence-electron chi connectivity index (χ3n) is 5.94. The second kappa shape index (κ2) is 9.89. The van der Waals surface area contributed by atoms with Gasteiger partial charge in [0.15, 0.2) is 0 Å². The highest BCUT2D eigenvalue weighted by Gasteiger charge is 2.47. The number of ketones is 1. The Bertz CT molecular complexity index is 1550. The van der Waals surface area contributed by atoms with Crippen LogP contribution in [-0.4, -0.2) is 39.4 Å². The molecule has 37 heavy (non-hydrogen) atoms. The lowest BCUT2D eigenvalue weighted by Gasteiger charge is -2.26. The molecule has 192 valence electrons. The van der Waals surface area contributed by atoms with E-state index in [4.69, 9.17) is 26.2 Å². The molecule has 0 radical (unpaired) electrons. The van der Waals surface area contributed by atoms with Crippen molar-refractivity contribution in [3.63, 3.8) is 0 Å². The first kappa shape index (κ1) is 26.2. The number of anilines is 1. The summed E-state index contributed by atoms with van der Waals surface area (Å²) in [5.41, 5.74) is 1.32. The molecule has 0 spiro atoms. The number of amides is 1. The maximum atomic E-state index is 13.4. The predicted molar refractivity (Wildman–Crippen MR) is 138 cm³/mol. The first-order valence-electron chi connectivity index (χ1n) is 10.9. The summed E-state index contributed by atoms with van der Waals surface area (Å²) in [6.07, 6.45) is 0. The highest BCUT2D eigenvalue weighted by Crippen LogP contribution is 2.45. The monoisotopic (exact) mass is 542 g/mol. The number of primary sulfonamides is 1. The Kier molecular flexibility index (Phi) is 7.00. The third kappa shape index (κ3) is 4.78.